The number of likely N-dealkylation sites (tertiary alicyclic amines) is 1. The fourth-order valence-electron chi connectivity index (χ4n) is 4.55. The second-order valence-corrected chi connectivity index (χ2v) is 8.14. The molecule has 2 aliphatic rings. The number of benzene rings is 1. The molecule has 2 fully saturated rings. The van der Waals surface area contributed by atoms with E-state index in [1.807, 2.05) is 17.2 Å². The van der Waals surface area contributed by atoms with Gasteiger partial charge in [0.25, 0.3) is 0 Å². The molecule has 6 heteroatoms. The highest BCUT2D eigenvalue weighted by atomic mass is 16.5. The Morgan fingerprint density at radius 2 is 1.97 bits per heavy atom. The average molecular weight is 397 g/mol. The molecule has 2 aromatic rings. The van der Waals surface area contributed by atoms with Crippen molar-refractivity contribution in [1.82, 2.24) is 19.4 Å². The molecular formula is C23H32N4O2. The Kier molecular flexibility index (Phi) is 6.62. The molecule has 4 rings (SSSR count). The Balaban J connectivity index is 1.25. The fourth-order valence-corrected chi connectivity index (χ4v) is 4.55. The SMILES string of the molecule is CCn1ccnc1C1CCN(C(=O)C[C@H]2CN(Cc3ccccc3)CCO2)CC1. The minimum Gasteiger partial charge on any atom is -0.375 e. The summed E-state index contributed by atoms with van der Waals surface area (Å²) in [6.07, 6.45) is 6.41. The number of hydrogen-bond acceptors (Lipinski definition) is 4. The number of piperidine rings is 1. The number of imidazole rings is 1. The van der Waals surface area contributed by atoms with Crippen molar-refractivity contribution in [1.29, 1.82) is 0 Å². The number of carbonyl (C=O) groups excluding carboxylic acids is 1. The molecule has 1 aromatic carbocycles. The average Bonchev–Trinajstić information content (AvgIpc) is 3.24. The van der Waals surface area contributed by atoms with E-state index in [1.165, 1.54) is 11.4 Å². The lowest BCUT2D eigenvalue weighted by Crippen LogP contribution is -2.46. The third kappa shape index (κ3) is 5.06. The molecule has 3 heterocycles. The molecule has 0 unspecified atom stereocenters. The summed E-state index contributed by atoms with van der Waals surface area (Å²) in [5.41, 5.74) is 1.31. The molecule has 0 saturated carbocycles. The molecule has 0 bridgehead atoms. The summed E-state index contributed by atoms with van der Waals surface area (Å²) in [7, 11) is 0. The van der Waals surface area contributed by atoms with E-state index in [0.29, 0.717) is 18.9 Å². The van der Waals surface area contributed by atoms with E-state index in [1.54, 1.807) is 0 Å². The van der Waals surface area contributed by atoms with E-state index in [9.17, 15) is 4.79 Å². The van der Waals surface area contributed by atoms with Crippen LogP contribution in [-0.2, 0) is 22.6 Å². The third-order valence-electron chi connectivity index (χ3n) is 6.18. The number of aromatic nitrogens is 2. The van der Waals surface area contributed by atoms with Gasteiger partial charge in [0.05, 0.1) is 19.1 Å². The Morgan fingerprint density at radius 1 is 1.17 bits per heavy atom. The molecule has 0 spiro atoms. The van der Waals surface area contributed by atoms with Crippen molar-refractivity contribution in [2.45, 2.75) is 51.3 Å². The predicted octanol–water partition coefficient (Wildman–Crippen LogP) is 2.90. The Bertz CT molecular complexity index is 783. The molecule has 2 aliphatic heterocycles. The number of aryl methyl sites for hydroxylation is 1. The van der Waals surface area contributed by atoms with Crippen LogP contribution in [0, 0.1) is 0 Å². The van der Waals surface area contributed by atoms with Gasteiger partial charge in [0.1, 0.15) is 5.82 Å². The number of hydrogen-bond donors (Lipinski definition) is 0. The Hall–Kier alpha value is -2.18. The molecule has 1 atom stereocenters. The summed E-state index contributed by atoms with van der Waals surface area (Å²) in [5, 5.41) is 0. The van der Waals surface area contributed by atoms with E-state index in [-0.39, 0.29) is 12.0 Å². The molecule has 1 aromatic heterocycles. The molecule has 0 radical (unpaired) electrons. The van der Waals surface area contributed by atoms with Crippen LogP contribution in [0.25, 0.3) is 0 Å². The van der Waals surface area contributed by atoms with Gasteiger partial charge in [-0.05, 0) is 25.3 Å². The van der Waals surface area contributed by atoms with Gasteiger partial charge in [-0.2, -0.15) is 0 Å². The van der Waals surface area contributed by atoms with Crippen LogP contribution in [0.5, 0.6) is 0 Å². The zero-order chi connectivity index (χ0) is 20.1. The van der Waals surface area contributed by atoms with Crippen LogP contribution in [0.2, 0.25) is 0 Å². The maximum atomic E-state index is 12.9. The van der Waals surface area contributed by atoms with E-state index in [4.69, 9.17) is 4.74 Å². The zero-order valence-electron chi connectivity index (χ0n) is 17.4. The highest BCUT2D eigenvalue weighted by molar-refractivity contribution is 5.76. The van der Waals surface area contributed by atoms with Gasteiger partial charge in [0.2, 0.25) is 5.91 Å². The maximum Gasteiger partial charge on any atom is 0.225 e. The Labute approximate surface area is 173 Å². The lowest BCUT2D eigenvalue weighted by Gasteiger charge is -2.35. The van der Waals surface area contributed by atoms with Crippen molar-refractivity contribution >= 4 is 5.91 Å². The quantitative estimate of drug-likeness (QED) is 0.753. The highest BCUT2D eigenvalue weighted by Crippen LogP contribution is 2.27. The van der Waals surface area contributed by atoms with Crippen LogP contribution in [0.15, 0.2) is 42.7 Å². The van der Waals surface area contributed by atoms with Gasteiger partial charge in [0.15, 0.2) is 0 Å². The summed E-state index contributed by atoms with van der Waals surface area (Å²) in [4.78, 5) is 21.8. The van der Waals surface area contributed by atoms with E-state index in [0.717, 1.165) is 52.1 Å². The molecule has 29 heavy (non-hydrogen) atoms. The normalized spacial score (nSPS) is 21.4. The first-order valence-electron chi connectivity index (χ1n) is 10.9. The fraction of sp³-hybridized carbons (Fsp3) is 0.565. The number of amides is 1. The topological polar surface area (TPSA) is 50.6 Å². The summed E-state index contributed by atoms with van der Waals surface area (Å²) in [6.45, 7) is 8.11. The van der Waals surface area contributed by atoms with Crippen LogP contribution < -0.4 is 0 Å². The molecule has 0 N–H and O–H groups in total. The highest BCUT2D eigenvalue weighted by Gasteiger charge is 2.29. The Morgan fingerprint density at radius 3 is 2.72 bits per heavy atom. The predicted molar refractivity (Wildman–Crippen MR) is 113 cm³/mol. The van der Waals surface area contributed by atoms with E-state index >= 15 is 0 Å². The molecule has 0 aliphatic carbocycles. The minimum absolute atomic E-state index is 0.00308. The smallest absolute Gasteiger partial charge is 0.225 e. The van der Waals surface area contributed by atoms with Gasteiger partial charge in [-0.3, -0.25) is 9.69 Å². The number of rotatable bonds is 6. The summed E-state index contributed by atoms with van der Waals surface area (Å²) < 4.78 is 8.14. The van der Waals surface area contributed by atoms with E-state index < -0.39 is 0 Å². The van der Waals surface area contributed by atoms with Crippen LogP contribution in [-0.4, -0.2) is 64.1 Å². The van der Waals surface area contributed by atoms with Crippen molar-refractivity contribution in [3.8, 4) is 0 Å². The van der Waals surface area contributed by atoms with Crippen molar-refractivity contribution in [2.24, 2.45) is 0 Å². The summed E-state index contributed by atoms with van der Waals surface area (Å²) in [5.74, 6) is 1.86. The molecule has 1 amide bonds. The third-order valence-corrected chi connectivity index (χ3v) is 6.18. The number of morpholine rings is 1. The summed E-state index contributed by atoms with van der Waals surface area (Å²) >= 11 is 0. The van der Waals surface area contributed by atoms with Crippen molar-refractivity contribution < 1.29 is 9.53 Å². The van der Waals surface area contributed by atoms with Gasteiger partial charge < -0.3 is 14.2 Å². The summed E-state index contributed by atoms with van der Waals surface area (Å²) in [6, 6.07) is 10.5. The molecular weight excluding hydrogens is 364 g/mol. The second-order valence-electron chi connectivity index (χ2n) is 8.14. The molecule has 6 nitrogen and oxygen atoms in total. The molecule has 2 saturated heterocycles. The lowest BCUT2D eigenvalue weighted by molar-refractivity contribution is -0.137. The maximum absolute atomic E-state index is 12.9. The van der Waals surface area contributed by atoms with Crippen molar-refractivity contribution in [3.63, 3.8) is 0 Å². The monoisotopic (exact) mass is 396 g/mol. The molecule has 156 valence electrons. The minimum atomic E-state index is -0.00308. The second kappa shape index (κ2) is 9.55. The van der Waals surface area contributed by atoms with E-state index in [2.05, 4.69) is 51.8 Å². The zero-order valence-corrected chi connectivity index (χ0v) is 17.4. The first-order valence-corrected chi connectivity index (χ1v) is 10.9. The van der Waals surface area contributed by atoms with Crippen LogP contribution in [0.4, 0.5) is 0 Å². The lowest BCUT2D eigenvalue weighted by atomic mass is 9.95. The largest absolute Gasteiger partial charge is 0.375 e. The van der Waals surface area contributed by atoms with Gasteiger partial charge in [-0.25, -0.2) is 4.98 Å². The van der Waals surface area contributed by atoms with Crippen LogP contribution in [0.3, 0.4) is 0 Å². The first kappa shape index (κ1) is 20.1. The van der Waals surface area contributed by atoms with Gasteiger partial charge in [0, 0.05) is 57.6 Å². The van der Waals surface area contributed by atoms with Gasteiger partial charge in [-0.1, -0.05) is 30.3 Å². The first-order chi connectivity index (χ1) is 14.2. The number of nitrogens with zero attached hydrogens (tertiary/aromatic N) is 4. The van der Waals surface area contributed by atoms with Crippen molar-refractivity contribution in [2.75, 3.05) is 32.8 Å². The number of carbonyl (C=O) groups is 1. The van der Waals surface area contributed by atoms with Crippen LogP contribution in [0.1, 0.15) is 43.5 Å². The van der Waals surface area contributed by atoms with Gasteiger partial charge in [-0.15, -0.1) is 0 Å². The van der Waals surface area contributed by atoms with Crippen molar-refractivity contribution in [3.05, 3.63) is 54.1 Å². The van der Waals surface area contributed by atoms with Crippen LogP contribution >= 0.6 is 0 Å². The number of ether oxygens (including phenoxy) is 1. The van der Waals surface area contributed by atoms with Gasteiger partial charge >= 0.3 is 0 Å². The standard InChI is InChI=1S/C23H32N4O2/c1-2-26-13-10-24-23(26)20-8-11-27(12-9-20)22(28)16-21-18-25(14-15-29-21)17-19-6-4-3-5-7-19/h3-7,10,13,20-21H,2,8-9,11-12,14-18H2,1H3/t21-/m0/s1.